The Hall–Kier alpha value is -0.590. The average molecular weight is 179 g/mol. The van der Waals surface area contributed by atoms with Gasteiger partial charge in [-0.25, -0.2) is 0 Å². The summed E-state index contributed by atoms with van der Waals surface area (Å²) in [4.78, 5) is 4.71. The van der Waals surface area contributed by atoms with E-state index < -0.39 is 0 Å². The van der Waals surface area contributed by atoms with Gasteiger partial charge in [0, 0.05) is 11.6 Å². The van der Waals surface area contributed by atoms with Crippen molar-refractivity contribution in [3.63, 3.8) is 0 Å². The Balaban J connectivity index is 2.48. The Kier molecular flexibility index (Phi) is 3.29. The number of aliphatic imine (C=N–C) groups is 1. The molecule has 13 heavy (non-hydrogen) atoms. The smallest absolute Gasteiger partial charge is 0.0571 e. The second kappa shape index (κ2) is 4.08. The third-order valence-electron chi connectivity index (χ3n) is 3.00. The largest absolute Gasteiger partial charge is 0.290 e. The summed E-state index contributed by atoms with van der Waals surface area (Å²) < 4.78 is 0. The van der Waals surface area contributed by atoms with Gasteiger partial charge in [0.1, 0.15) is 0 Å². The Morgan fingerprint density at radius 3 is 2.46 bits per heavy atom. The second-order valence-corrected chi connectivity index (χ2v) is 4.37. The number of allylic oxidation sites excluding steroid dienone is 1. The van der Waals surface area contributed by atoms with Gasteiger partial charge in [0.15, 0.2) is 0 Å². The maximum absolute atomic E-state index is 4.71. The van der Waals surface area contributed by atoms with Gasteiger partial charge in [-0.05, 0) is 33.1 Å². The van der Waals surface area contributed by atoms with E-state index in [9.17, 15) is 0 Å². The average Bonchev–Trinajstić information content (AvgIpc) is 2.82. The minimum atomic E-state index is 0.596. The molecule has 0 aliphatic heterocycles. The van der Waals surface area contributed by atoms with E-state index in [1.54, 1.807) is 0 Å². The molecule has 1 fully saturated rings. The molecule has 0 heterocycles. The molecule has 1 nitrogen and oxygen atoms in total. The van der Waals surface area contributed by atoms with Crippen LogP contribution in [0.15, 0.2) is 16.6 Å². The van der Waals surface area contributed by atoms with Crippen LogP contribution in [0.3, 0.4) is 0 Å². The molecule has 0 aromatic carbocycles. The van der Waals surface area contributed by atoms with E-state index in [-0.39, 0.29) is 0 Å². The van der Waals surface area contributed by atoms with Crippen molar-refractivity contribution in [2.75, 3.05) is 0 Å². The summed E-state index contributed by atoms with van der Waals surface area (Å²) in [5.74, 6) is 1.35. The van der Waals surface area contributed by atoms with Gasteiger partial charge in [-0.1, -0.05) is 25.5 Å². The molecule has 74 valence electrons. The quantitative estimate of drug-likeness (QED) is 0.465. The maximum Gasteiger partial charge on any atom is 0.0571 e. The van der Waals surface area contributed by atoms with E-state index >= 15 is 0 Å². The normalized spacial score (nSPS) is 29.7. The Morgan fingerprint density at radius 2 is 2.00 bits per heavy atom. The van der Waals surface area contributed by atoms with Gasteiger partial charge in [-0.15, -0.1) is 0 Å². The summed E-state index contributed by atoms with van der Waals surface area (Å²) in [6.45, 7) is 10.9. The molecule has 0 radical (unpaired) electrons. The summed E-state index contributed by atoms with van der Waals surface area (Å²) in [6.07, 6.45) is 3.48. The van der Waals surface area contributed by atoms with E-state index in [1.807, 2.05) is 0 Å². The van der Waals surface area contributed by atoms with Crippen LogP contribution in [-0.4, -0.2) is 11.8 Å². The zero-order valence-electron chi connectivity index (χ0n) is 9.46. The van der Waals surface area contributed by atoms with Crippen molar-refractivity contribution in [1.82, 2.24) is 0 Å². The Bertz CT molecular complexity index is 236. The molecule has 2 atom stereocenters. The molecule has 0 saturated heterocycles. The fourth-order valence-corrected chi connectivity index (χ4v) is 1.44. The van der Waals surface area contributed by atoms with Crippen molar-refractivity contribution in [3.05, 3.63) is 11.6 Å². The standard InChI is InChI=1S/C12H21N/c1-6-9(4)11-7-12(11)13-10(5)8(2)3/h6,8,11-12H,7H2,1-5H3/b9-6+,13-10-. The predicted octanol–water partition coefficient (Wildman–Crippen LogP) is 3.46. The first-order valence-corrected chi connectivity index (χ1v) is 5.23. The van der Waals surface area contributed by atoms with E-state index in [4.69, 9.17) is 4.99 Å². The summed E-state index contributed by atoms with van der Waals surface area (Å²) >= 11 is 0. The molecular weight excluding hydrogens is 158 g/mol. The molecule has 1 aliphatic rings. The van der Waals surface area contributed by atoms with E-state index in [1.165, 1.54) is 17.7 Å². The summed E-state index contributed by atoms with van der Waals surface area (Å²) in [7, 11) is 0. The van der Waals surface area contributed by atoms with E-state index in [2.05, 4.69) is 40.7 Å². The number of hydrogen-bond donors (Lipinski definition) is 0. The molecule has 0 aromatic rings. The third kappa shape index (κ3) is 2.68. The van der Waals surface area contributed by atoms with Gasteiger partial charge in [0.25, 0.3) is 0 Å². The van der Waals surface area contributed by atoms with Gasteiger partial charge in [-0.3, -0.25) is 4.99 Å². The molecule has 2 unspecified atom stereocenters. The molecule has 1 heteroatoms. The second-order valence-electron chi connectivity index (χ2n) is 4.37. The van der Waals surface area contributed by atoms with Gasteiger partial charge >= 0.3 is 0 Å². The summed E-state index contributed by atoms with van der Waals surface area (Å²) in [6, 6.07) is 0.596. The van der Waals surface area contributed by atoms with Gasteiger partial charge in [0.2, 0.25) is 0 Å². The lowest BCUT2D eigenvalue weighted by molar-refractivity contribution is 0.843. The summed E-state index contributed by atoms with van der Waals surface area (Å²) in [5.41, 5.74) is 2.81. The topological polar surface area (TPSA) is 12.4 Å². The van der Waals surface area contributed by atoms with Gasteiger partial charge < -0.3 is 0 Å². The number of nitrogens with zero attached hydrogens (tertiary/aromatic N) is 1. The van der Waals surface area contributed by atoms with Crippen LogP contribution in [0.5, 0.6) is 0 Å². The van der Waals surface area contributed by atoms with Crippen LogP contribution in [-0.2, 0) is 0 Å². The van der Waals surface area contributed by atoms with E-state index in [0.29, 0.717) is 12.0 Å². The SMILES string of the molecule is C/C=C(\C)C1CC1/N=C(/C)C(C)C. The van der Waals surface area contributed by atoms with Crippen LogP contribution in [0, 0.1) is 11.8 Å². The Labute approximate surface area is 82.0 Å². The molecule has 0 aromatic heterocycles. The lowest BCUT2D eigenvalue weighted by Crippen LogP contribution is -2.03. The zero-order valence-corrected chi connectivity index (χ0v) is 9.46. The van der Waals surface area contributed by atoms with Crippen molar-refractivity contribution >= 4 is 5.71 Å². The molecule has 1 saturated carbocycles. The van der Waals surface area contributed by atoms with Crippen molar-refractivity contribution < 1.29 is 0 Å². The van der Waals surface area contributed by atoms with Crippen LogP contribution >= 0.6 is 0 Å². The fraction of sp³-hybridized carbons (Fsp3) is 0.750. The van der Waals surface area contributed by atoms with Gasteiger partial charge in [-0.2, -0.15) is 0 Å². The number of rotatable bonds is 3. The third-order valence-corrected chi connectivity index (χ3v) is 3.00. The van der Waals surface area contributed by atoms with Crippen molar-refractivity contribution in [1.29, 1.82) is 0 Å². The molecule has 0 spiro atoms. The molecular formula is C12H21N. The van der Waals surface area contributed by atoms with Crippen LogP contribution in [0.25, 0.3) is 0 Å². The highest BCUT2D eigenvalue weighted by atomic mass is 14.9. The van der Waals surface area contributed by atoms with Crippen LogP contribution in [0.2, 0.25) is 0 Å². The molecule has 1 rings (SSSR count). The first-order valence-electron chi connectivity index (χ1n) is 5.23. The van der Waals surface area contributed by atoms with Crippen molar-refractivity contribution in [2.45, 2.75) is 47.1 Å². The molecule has 0 amide bonds. The molecule has 1 aliphatic carbocycles. The highest BCUT2D eigenvalue weighted by molar-refractivity contribution is 5.84. The molecule has 0 N–H and O–H groups in total. The number of hydrogen-bond acceptors (Lipinski definition) is 1. The zero-order chi connectivity index (χ0) is 10.0. The van der Waals surface area contributed by atoms with Crippen LogP contribution in [0.4, 0.5) is 0 Å². The first-order chi connectivity index (χ1) is 6.06. The highest BCUT2D eigenvalue weighted by Gasteiger charge is 2.37. The maximum atomic E-state index is 4.71. The lowest BCUT2D eigenvalue weighted by atomic mass is 10.1. The lowest BCUT2D eigenvalue weighted by Gasteiger charge is -2.03. The van der Waals surface area contributed by atoms with E-state index in [0.717, 1.165) is 5.92 Å². The van der Waals surface area contributed by atoms with Crippen molar-refractivity contribution in [3.8, 4) is 0 Å². The van der Waals surface area contributed by atoms with Crippen molar-refractivity contribution in [2.24, 2.45) is 16.8 Å². The first kappa shape index (κ1) is 10.5. The minimum Gasteiger partial charge on any atom is -0.290 e. The fourth-order valence-electron chi connectivity index (χ4n) is 1.44. The van der Waals surface area contributed by atoms with Gasteiger partial charge in [0.05, 0.1) is 6.04 Å². The summed E-state index contributed by atoms with van der Waals surface area (Å²) in [5, 5.41) is 0. The predicted molar refractivity (Wildman–Crippen MR) is 59.3 cm³/mol. The minimum absolute atomic E-state index is 0.596. The van der Waals surface area contributed by atoms with Crippen LogP contribution < -0.4 is 0 Å². The highest BCUT2D eigenvalue weighted by Crippen LogP contribution is 2.40. The monoisotopic (exact) mass is 179 g/mol. The molecule has 0 bridgehead atoms. The van der Waals surface area contributed by atoms with Crippen LogP contribution in [0.1, 0.15) is 41.0 Å². The Morgan fingerprint density at radius 1 is 1.38 bits per heavy atom.